The Labute approximate surface area is 103 Å². The first-order valence-corrected chi connectivity index (χ1v) is 5.38. The van der Waals surface area contributed by atoms with Gasteiger partial charge in [0.1, 0.15) is 5.52 Å². The number of pyridine rings is 2. The molecule has 0 aliphatic heterocycles. The fraction of sp³-hybridized carbons (Fsp3) is 0.182. The van der Waals surface area contributed by atoms with Crippen molar-refractivity contribution in [2.24, 2.45) is 0 Å². The summed E-state index contributed by atoms with van der Waals surface area (Å²) in [7, 11) is 0. The SMILES string of the molecule is Nc1cnc2cccnc2c1NCCNC(=O)O. The molecule has 0 saturated carbocycles. The zero-order valence-corrected chi connectivity index (χ0v) is 9.55. The summed E-state index contributed by atoms with van der Waals surface area (Å²) in [5.41, 5.74) is 8.39. The van der Waals surface area contributed by atoms with Gasteiger partial charge >= 0.3 is 6.09 Å². The van der Waals surface area contributed by atoms with E-state index in [0.29, 0.717) is 23.4 Å². The van der Waals surface area contributed by atoms with Gasteiger partial charge in [0, 0.05) is 19.3 Å². The molecule has 2 aromatic rings. The lowest BCUT2D eigenvalue weighted by Crippen LogP contribution is -2.27. The number of amides is 1. The van der Waals surface area contributed by atoms with Crippen LogP contribution in [0, 0.1) is 0 Å². The van der Waals surface area contributed by atoms with E-state index in [0.717, 1.165) is 5.52 Å². The van der Waals surface area contributed by atoms with Crippen LogP contribution in [-0.4, -0.2) is 34.3 Å². The Morgan fingerprint density at radius 3 is 3.00 bits per heavy atom. The number of fused-ring (bicyclic) bond motifs is 1. The van der Waals surface area contributed by atoms with Gasteiger partial charge in [0.2, 0.25) is 0 Å². The summed E-state index contributed by atoms with van der Waals surface area (Å²) in [5.74, 6) is 0. The second kappa shape index (κ2) is 5.17. The van der Waals surface area contributed by atoms with Crippen molar-refractivity contribution in [1.82, 2.24) is 15.3 Å². The van der Waals surface area contributed by atoms with Crippen molar-refractivity contribution in [2.45, 2.75) is 0 Å². The van der Waals surface area contributed by atoms with E-state index in [9.17, 15) is 4.79 Å². The lowest BCUT2D eigenvalue weighted by atomic mass is 10.2. The standard InChI is InChI=1S/C11H13N5O2/c12-7-6-16-8-2-1-3-13-10(8)9(7)14-4-5-15-11(17)18/h1-3,6,15H,4-5,12H2,(H,14,16)(H,17,18). The van der Waals surface area contributed by atoms with E-state index in [4.69, 9.17) is 10.8 Å². The number of hydrogen-bond donors (Lipinski definition) is 4. The minimum absolute atomic E-state index is 0.283. The van der Waals surface area contributed by atoms with Gasteiger partial charge in [-0.25, -0.2) is 4.79 Å². The van der Waals surface area contributed by atoms with Crippen LogP contribution in [0.3, 0.4) is 0 Å². The Hall–Kier alpha value is -2.57. The highest BCUT2D eigenvalue weighted by molar-refractivity contribution is 5.93. The van der Waals surface area contributed by atoms with Crippen molar-refractivity contribution < 1.29 is 9.90 Å². The maximum Gasteiger partial charge on any atom is 0.404 e. The highest BCUT2D eigenvalue weighted by atomic mass is 16.4. The van der Waals surface area contributed by atoms with E-state index in [1.165, 1.54) is 0 Å². The molecule has 5 N–H and O–H groups in total. The molecule has 7 heteroatoms. The molecule has 0 spiro atoms. The lowest BCUT2D eigenvalue weighted by Gasteiger charge is -2.11. The monoisotopic (exact) mass is 247 g/mol. The van der Waals surface area contributed by atoms with Crippen LogP contribution in [0.15, 0.2) is 24.5 Å². The zero-order valence-electron chi connectivity index (χ0n) is 9.55. The molecule has 2 heterocycles. The highest BCUT2D eigenvalue weighted by Gasteiger charge is 2.06. The largest absolute Gasteiger partial charge is 0.465 e. The van der Waals surface area contributed by atoms with E-state index in [1.807, 2.05) is 6.07 Å². The number of rotatable bonds is 4. The number of hydrogen-bond acceptors (Lipinski definition) is 5. The lowest BCUT2D eigenvalue weighted by molar-refractivity contribution is 0.195. The van der Waals surface area contributed by atoms with Crippen molar-refractivity contribution >= 4 is 28.5 Å². The third-order valence-electron chi connectivity index (χ3n) is 2.36. The summed E-state index contributed by atoms with van der Waals surface area (Å²) in [6, 6.07) is 3.63. The Morgan fingerprint density at radius 2 is 2.22 bits per heavy atom. The van der Waals surface area contributed by atoms with Gasteiger partial charge < -0.3 is 21.5 Å². The van der Waals surface area contributed by atoms with Crippen molar-refractivity contribution in [3.63, 3.8) is 0 Å². The first-order chi connectivity index (χ1) is 8.68. The first kappa shape index (κ1) is 11.9. The topological polar surface area (TPSA) is 113 Å². The first-order valence-electron chi connectivity index (χ1n) is 5.38. The minimum Gasteiger partial charge on any atom is -0.465 e. The third kappa shape index (κ3) is 2.57. The van der Waals surface area contributed by atoms with Crippen molar-refractivity contribution in [1.29, 1.82) is 0 Å². The molecule has 0 radical (unpaired) electrons. The average Bonchev–Trinajstić information content (AvgIpc) is 2.36. The molecule has 2 rings (SSSR count). The number of anilines is 2. The molecule has 1 amide bonds. The fourth-order valence-corrected chi connectivity index (χ4v) is 1.58. The molecule has 0 aliphatic carbocycles. The Balaban J connectivity index is 2.16. The normalized spacial score (nSPS) is 10.2. The second-order valence-electron chi connectivity index (χ2n) is 3.62. The van der Waals surface area contributed by atoms with Gasteiger partial charge in [-0.1, -0.05) is 0 Å². The predicted molar refractivity (Wildman–Crippen MR) is 68.5 cm³/mol. The molecule has 7 nitrogen and oxygen atoms in total. The van der Waals surface area contributed by atoms with Crippen LogP contribution in [0.2, 0.25) is 0 Å². The van der Waals surface area contributed by atoms with Crippen LogP contribution in [0.5, 0.6) is 0 Å². The summed E-state index contributed by atoms with van der Waals surface area (Å²) in [5, 5.41) is 13.8. The number of nitrogens with two attached hydrogens (primary N) is 1. The minimum atomic E-state index is -1.05. The summed E-state index contributed by atoms with van der Waals surface area (Å²) in [6.07, 6.45) is 2.16. The molecular formula is C11H13N5O2. The molecule has 0 fully saturated rings. The summed E-state index contributed by atoms with van der Waals surface area (Å²) in [6.45, 7) is 0.706. The maximum atomic E-state index is 10.3. The Kier molecular flexibility index (Phi) is 3.42. The van der Waals surface area contributed by atoms with E-state index in [-0.39, 0.29) is 6.54 Å². The van der Waals surface area contributed by atoms with Gasteiger partial charge in [0.15, 0.2) is 0 Å². The van der Waals surface area contributed by atoms with Gasteiger partial charge in [0.25, 0.3) is 0 Å². The van der Waals surface area contributed by atoms with E-state index in [1.54, 1.807) is 18.5 Å². The number of nitrogens with zero attached hydrogens (tertiary/aromatic N) is 2. The van der Waals surface area contributed by atoms with E-state index >= 15 is 0 Å². The number of nitrogens with one attached hydrogen (secondary N) is 2. The molecule has 0 bridgehead atoms. The maximum absolute atomic E-state index is 10.3. The third-order valence-corrected chi connectivity index (χ3v) is 2.36. The smallest absolute Gasteiger partial charge is 0.404 e. The van der Waals surface area contributed by atoms with Crippen LogP contribution in [0.25, 0.3) is 11.0 Å². The van der Waals surface area contributed by atoms with Gasteiger partial charge in [-0.05, 0) is 12.1 Å². The number of aromatic nitrogens is 2. The van der Waals surface area contributed by atoms with Crippen molar-refractivity contribution in [3.05, 3.63) is 24.5 Å². The zero-order chi connectivity index (χ0) is 13.0. The molecule has 0 saturated heterocycles. The summed E-state index contributed by atoms with van der Waals surface area (Å²) >= 11 is 0. The molecule has 18 heavy (non-hydrogen) atoms. The van der Waals surface area contributed by atoms with Crippen LogP contribution in [0.4, 0.5) is 16.2 Å². The number of carboxylic acid groups (broad SMARTS) is 1. The summed E-state index contributed by atoms with van der Waals surface area (Å²) < 4.78 is 0. The quantitative estimate of drug-likeness (QED) is 0.597. The molecule has 0 unspecified atom stereocenters. The van der Waals surface area contributed by atoms with Crippen LogP contribution >= 0.6 is 0 Å². The van der Waals surface area contributed by atoms with Gasteiger partial charge in [0.05, 0.1) is 23.1 Å². The summed E-state index contributed by atoms with van der Waals surface area (Å²) in [4.78, 5) is 18.7. The molecule has 0 aliphatic rings. The van der Waals surface area contributed by atoms with Crippen molar-refractivity contribution in [3.8, 4) is 0 Å². The van der Waals surface area contributed by atoms with Crippen LogP contribution in [-0.2, 0) is 0 Å². The van der Waals surface area contributed by atoms with E-state index < -0.39 is 6.09 Å². The Morgan fingerprint density at radius 1 is 1.39 bits per heavy atom. The van der Waals surface area contributed by atoms with Crippen molar-refractivity contribution in [2.75, 3.05) is 24.1 Å². The van der Waals surface area contributed by atoms with Gasteiger partial charge in [-0.3, -0.25) is 9.97 Å². The number of nitrogen functional groups attached to an aromatic ring is 1. The second-order valence-corrected chi connectivity index (χ2v) is 3.62. The highest BCUT2D eigenvalue weighted by Crippen LogP contribution is 2.25. The average molecular weight is 247 g/mol. The molecule has 0 aromatic carbocycles. The molecule has 2 aromatic heterocycles. The molecule has 94 valence electrons. The Bertz CT molecular complexity index is 572. The van der Waals surface area contributed by atoms with Crippen LogP contribution in [0.1, 0.15) is 0 Å². The molecular weight excluding hydrogens is 234 g/mol. The number of carbonyl (C=O) groups is 1. The molecule has 0 atom stereocenters. The predicted octanol–water partition coefficient (Wildman–Crippen LogP) is 0.891. The fourth-order valence-electron chi connectivity index (χ4n) is 1.58. The van der Waals surface area contributed by atoms with Gasteiger partial charge in [-0.15, -0.1) is 0 Å². The van der Waals surface area contributed by atoms with Crippen LogP contribution < -0.4 is 16.4 Å². The van der Waals surface area contributed by atoms with Gasteiger partial charge in [-0.2, -0.15) is 0 Å². The van der Waals surface area contributed by atoms with E-state index in [2.05, 4.69) is 20.6 Å².